The van der Waals surface area contributed by atoms with Crippen LogP contribution in [0.1, 0.15) is 69.5 Å². The van der Waals surface area contributed by atoms with E-state index < -0.39 is 0 Å². The van der Waals surface area contributed by atoms with Crippen LogP contribution in [0.4, 0.5) is 0 Å². The Kier molecular flexibility index (Phi) is 7.73. The number of fused-ring (bicyclic) bond motifs is 1. The molecular formula is C30H34BrN5O3. The minimum Gasteiger partial charge on any atom is -0.355 e. The highest BCUT2D eigenvalue weighted by Crippen LogP contribution is 2.30. The fourth-order valence-corrected chi connectivity index (χ4v) is 5.90. The highest BCUT2D eigenvalue weighted by Gasteiger charge is 2.34. The molecule has 2 aromatic carbocycles. The molecule has 1 saturated heterocycles. The standard InChI is InChI=1S/C30H34BrN5O3/c1-5-34-13-12-22(16-34)27-33-26-17-35(29(38)21-8-11-25(31)18(2)14-21)19(3)15-24(26)30(39)36(27)23-9-6-20(7-10-23)28(37)32-4/h6-11,14,19,22H,5,12-13,15-17H2,1-4H3,(H,32,37)/t19-,22?/m0/s1. The van der Waals surface area contributed by atoms with Crippen molar-refractivity contribution in [2.24, 2.45) is 0 Å². The van der Waals surface area contributed by atoms with Crippen molar-refractivity contribution >= 4 is 27.7 Å². The molecule has 1 fully saturated rings. The van der Waals surface area contributed by atoms with Crippen molar-refractivity contribution in [3.8, 4) is 5.69 Å². The quantitative estimate of drug-likeness (QED) is 0.483. The normalized spacial score (nSPS) is 19.2. The number of aryl methyl sites for hydroxylation is 1. The number of nitrogens with zero attached hydrogens (tertiary/aromatic N) is 4. The minimum atomic E-state index is -0.174. The van der Waals surface area contributed by atoms with E-state index in [0.29, 0.717) is 41.0 Å². The van der Waals surface area contributed by atoms with E-state index in [1.54, 1.807) is 23.7 Å². The molecular weight excluding hydrogens is 558 g/mol. The molecule has 9 heteroatoms. The second kappa shape index (κ2) is 11.1. The largest absolute Gasteiger partial charge is 0.355 e. The molecule has 2 atom stereocenters. The van der Waals surface area contributed by atoms with Crippen LogP contribution in [0.25, 0.3) is 5.69 Å². The van der Waals surface area contributed by atoms with E-state index in [1.165, 1.54) is 0 Å². The molecule has 39 heavy (non-hydrogen) atoms. The molecule has 5 rings (SSSR count). The van der Waals surface area contributed by atoms with Crippen LogP contribution in [0.3, 0.4) is 0 Å². The van der Waals surface area contributed by atoms with Gasteiger partial charge >= 0.3 is 0 Å². The lowest BCUT2D eigenvalue weighted by molar-refractivity contribution is 0.0652. The van der Waals surface area contributed by atoms with Gasteiger partial charge in [-0.3, -0.25) is 19.0 Å². The summed E-state index contributed by atoms with van der Waals surface area (Å²) < 4.78 is 2.70. The summed E-state index contributed by atoms with van der Waals surface area (Å²) >= 11 is 3.51. The molecule has 2 aliphatic heterocycles. The van der Waals surface area contributed by atoms with E-state index in [2.05, 4.69) is 33.1 Å². The summed E-state index contributed by atoms with van der Waals surface area (Å²) in [6, 6.07) is 12.6. The second-order valence-electron chi connectivity index (χ2n) is 10.5. The first-order chi connectivity index (χ1) is 18.7. The summed E-state index contributed by atoms with van der Waals surface area (Å²) in [5.74, 6) is 0.591. The third-order valence-electron chi connectivity index (χ3n) is 8.01. The maximum absolute atomic E-state index is 14.1. The first-order valence-corrected chi connectivity index (χ1v) is 14.3. The number of likely N-dealkylation sites (N-methyl/N-ethyl adjacent to an activating group) is 1. The van der Waals surface area contributed by atoms with Gasteiger partial charge < -0.3 is 15.1 Å². The van der Waals surface area contributed by atoms with Crippen molar-refractivity contribution in [2.75, 3.05) is 26.7 Å². The fraction of sp³-hybridized carbons (Fsp3) is 0.400. The van der Waals surface area contributed by atoms with Crippen molar-refractivity contribution < 1.29 is 9.59 Å². The summed E-state index contributed by atoms with van der Waals surface area (Å²) in [6.45, 7) is 9.12. The molecule has 1 aromatic heterocycles. The van der Waals surface area contributed by atoms with Gasteiger partial charge in [0.25, 0.3) is 17.4 Å². The number of amides is 2. The third kappa shape index (κ3) is 5.17. The van der Waals surface area contributed by atoms with Crippen molar-refractivity contribution in [1.82, 2.24) is 24.7 Å². The van der Waals surface area contributed by atoms with Crippen LogP contribution in [0.5, 0.6) is 0 Å². The predicted octanol–water partition coefficient (Wildman–Crippen LogP) is 4.06. The van der Waals surface area contributed by atoms with Crippen molar-refractivity contribution in [3.05, 3.63) is 91.1 Å². The van der Waals surface area contributed by atoms with Crippen LogP contribution < -0.4 is 10.9 Å². The Morgan fingerprint density at radius 2 is 1.85 bits per heavy atom. The average molecular weight is 593 g/mol. The Balaban J connectivity index is 1.57. The number of benzene rings is 2. The van der Waals surface area contributed by atoms with E-state index in [4.69, 9.17) is 4.98 Å². The molecule has 2 aliphatic rings. The molecule has 0 spiro atoms. The average Bonchev–Trinajstić information content (AvgIpc) is 3.43. The lowest BCUT2D eigenvalue weighted by Crippen LogP contribution is -2.46. The van der Waals surface area contributed by atoms with Gasteiger partial charge in [-0.25, -0.2) is 4.98 Å². The van der Waals surface area contributed by atoms with E-state index in [1.807, 2.05) is 49.1 Å². The van der Waals surface area contributed by atoms with Gasteiger partial charge in [0.05, 0.1) is 17.9 Å². The zero-order valence-electron chi connectivity index (χ0n) is 22.8. The maximum atomic E-state index is 14.1. The minimum absolute atomic E-state index is 0.0564. The summed E-state index contributed by atoms with van der Waals surface area (Å²) in [6.07, 6.45) is 1.34. The monoisotopic (exact) mass is 591 g/mol. The Morgan fingerprint density at radius 3 is 2.49 bits per heavy atom. The number of hydrogen-bond donors (Lipinski definition) is 1. The van der Waals surface area contributed by atoms with Crippen molar-refractivity contribution in [1.29, 1.82) is 0 Å². The summed E-state index contributed by atoms with van der Waals surface area (Å²) in [5.41, 5.74) is 4.11. The number of aromatic nitrogens is 2. The Bertz CT molecular complexity index is 1480. The zero-order chi connectivity index (χ0) is 27.8. The smallest absolute Gasteiger partial charge is 0.261 e. The van der Waals surface area contributed by atoms with Crippen LogP contribution in [0.2, 0.25) is 0 Å². The van der Waals surface area contributed by atoms with Crippen molar-refractivity contribution in [2.45, 2.75) is 52.1 Å². The van der Waals surface area contributed by atoms with Crippen LogP contribution in [-0.2, 0) is 13.0 Å². The highest BCUT2D eigenvalue weighted by atomic mass is 79.9. The van der Waals surface area contributed by atoms with Gasteiger partial charge in [-0.2, -0.15) is 0 Å². The van der Waals surface area contributed by atoms with E-state index in [0.717, 1.165) is 41.9 Å². The maximum Gasteiger partial charge on any atom is 0.261 e. The summed E-state index contributed by atoms with van der Waals surface area (Å²) in [7, 11) is 1.60. The zero-order valence-corrected chi connectivity index (χ0v) is 24.4. The van der Waals surface area contributed by atoms with Gasteiger partial charge in [0, 0.05) is 46.7 Å². The lowest BCUT2D eigenvalue weighted by atomic mass is 9.97. The lowest BCUT2D eigenvalue weighted by Gasteiger charge is -2.35. The molecule has 1 N–H and O–H groups in total. The Labute approximate surface area is 237 Å². The van der Waals surface area contributed by atoms with E-state index >= 15 is 0 Å². The number of rotatable bonds is 5. The summed E-state index contributed by atoms with van der Waals surface area (Å²) in [5, 5.41) is 2.64. The number of carbonyl (C=O) groups excluding carboxylic acids is 2. The van der Waals surface area contributed by atoms with Gasteiger partial charge in [-0.1, -0.05) is 22.9 Å². The number of halogens is 1. The molecule has 0 aliphatic carbocycles. The van der Waals surface area contributed by atoms with Crippen LogP contribution >= 0.6 is 15.9 Å². The van der Waals surface area contributed by atoms with Gasteiger partial charge in [0.15, 0.2) is 0 Å². The number of carbonyl (C=O) groups is 2. The van der Waals surface area contributed by atoms with E-state index in [9.17, 15) is 14.4 Å². The van der Waals surface area contributed by atoms with Crippen molar-refractivity contribution in [3.63, 3.8) is 0 Å². The van der Waals surface area contributed by atoms with Crippen LogP contribution in [0, 0.1) is 6.92 Å². The van der Waals surface area contributed by atoms with E-state index in [-0.39, 0.29) is 29.3 Å². The molecule has 0 saturated carbocycles. The Hall–Kier alpha value is -3.30. The molecule has 2 amide bonds. The third-order valence-corrected chi connectivity index (χ3v) is 8.89. The number of likely N-dealkylation sites (tertiary alicyclic amines) is 1. The fourth-order valence-electron chi connectivity index (χ4n) is 5.65. The van der Waals surface area contributed by atoms with Crippen LogP contribution in [0.15, 0.2) is 51.7 Å². The molecule has 0 bridgehead atoms. The molecule has 3 aromatic rings. The number of nitrogens with one attached hydrogen (secondary N) is 1. The molecule has 1 unspecified atom stereocenters. The highest BCUT2D eigenvalue weighted by molar-refractivity contribution is 9.10. The SMILES string of the molecule is CCN1CCC(c2nc3c(c(=O)n2-c2ccc(C(=O)NC)cc2)C[C@H](C)N(C(=O)c2ccc(Br)c(C)c2)C3)C1. The topological polar surface area (TPSA) is 87.5 Å². The molecule has 204 valence electrons. The first kappa shape index (κ1) is 27.3. The van der Waals surface area contributed by atoms with Gasteiger partial charge in [0.2, 0.25) is 0 Å². The number of hydrogen-bond acceptors (Lipinski definition) is 5. The van der Waals surface area contributed by atoms with Gasteiger partial charge in [-0.05, 0) is 87.8 Å². The predicted molar refractivity (Wildman–Crippen MR) is 155 cm³/mol. The Morgan fingerprint density at radius 1 is 1.13 bits per heavy atom. The molecule has 3 heterocycles. The van der Waals surface area contributed by atoms with Gasteiger partial charge in [0.1, 0.15) is 5.82 Å². The van der Waals surface area contributed by atoms with Crippen LogP contribution in [-0.4, -0.2) is 63.9 Å². The molecule has 8 nitrogen and oxygen atoms in total. The first-order valence-electron chi connectivity index (χ1n) is 13.5. The molecule has 0 radical (unpaired) electrons. The van der Waals surface area contributed by atoms with Gasteiger partial charge in [-0.15, -0.1) is 0 Å². The second-order valence-corrected chi connectivity index (χ2v) is 11.3. The summed E-state index contributed by atoms with van der Waals surface area (Å²) in [4.78, 5) is 49.1.